The number of rotatable bonds is 6. The van der Waals surface area contributed by atoms with Gasteiger partial charge in [0.05, 0.1) is 11.4 Å². The Labute approximate surface area is 146 Å². The number of aryl methyl sites for hydroxylation is 1. The second-order valence-corrected chi connectivity index (χ2v) is 7.45. The average Bonchev–Trinajstić information content (AvgIpc) is 3.01. The van der Waals surface area contributed by atoms with Crippen LogP contribution in [-0.2, 0) is 22.3 Å². The monoisotopic (exact) mass is 359 g/mol. The van der Waals surface area contributed by atoms with E-state index in [2.05, 4.69) is 9.71 Å². The minimum absolute atomic E-state index is 0.116. The highest BCUT2D eigenvalue weighted by Crippen LogP contribution is 2.17. The summed E-state index contributed by atoms with van der Waals surface area (Å²) in [5.74, 6) is -0.115. The molecule has 0 spiro atoms. The molecule has 0 atom stereocenters. The van der Waals surface area contributed by atoms with E-state index in [1.54, 1.807) is 12.3 Å². The third-order valence-corrected chi connectivity index (χ3v) is 5.14. The molecular formula is C18H18FN3O2S. The Kier molecular flexibility index (Phi) is 4.96. The van der Waals surface area contributed by atoms with Gasteiger partial charge in [-0.05, 0) is 24.6 Å². The van der Waals surface area contributed by atoms with Crippen LogP contribution in [0, 0.1) is 12.7 Å². The second-order valence-electron chi connectivity index (χ2n) is 5.64. The molecule has 3 rings (SSSR count). The molecule has 0 unspecified atom stereocenters. The molecule has 1 N–H and O–H groups in total. The SMILES string of the molecule is Cc1nccn1-c1ccccc1CNS(=O)(=O)Cc1ccccc1F. The normalized spacial score (nSPS) is 11.6. The van der Waals surface area contributed by atoms with Gasteiger partial charge in [-0.25, -0.2) is 22.5 Å². The van der Waals surface area contributed by atoms with E-state index in [1.165, 1.54) is 18.2 Å². The highest BCUT2D eigenvalue weighted by Gasteiger charge is 2.15. The van der Waals surface area contributed by atoms with Gasteiger partial charge in [-0.15, -0.1) is 0 Å². The maximum absolute atomic E-state index is 13.7. The third-order valence-electron chi connectivity index (χ3n) is 3.86. The van der Waals surface area contributed by atoms with Gasteiger partial charge < -0.3 is 4.57 Å². The number of para-hydroxylation sites is 1. The lowest BCUT2D eigenvalue weighted by Crippen LogP contribution is -2.25. The first-order valence-electron chi connectivity index (χ1n) is 7.75. The first-order valence-corrected chi connectivity index (χ1v) is 9.40. The average molecular weight is 359 g/mol. The van der Waals surface area contributed by atoms with Crippen molar-refractivity contribution in [2.75, 3.05) is 0 Å². The van der Waals surface area contributed by atoms with E-state index in [-0.39, 0.29) is 12.1 Å². The fraction of sp³-hybridized carbons (Fsp3) is 0.167. The van der Waals surface area contributed by atoms with E-state index in [1.807, 2.05) is 42.0 Å². The minimum Gasteiger partial charge on any atom is -0.304 e. The molecule has 25 heavy (non-hydrogen) atoms. The molecule has 0 fully saturated rings. The van der Waals surface area contributed by atoms with Crippen molar-refractivity contribution >= 4 is 10.0 Å². The van der Waals surface area contributed by atoms with Crippen LogP contribution in [0.25, 0.3) is 5.69 Å². The first kappa shape index (κ1) is 17.3. The molecule has 0 bridgehead atoms. The van der Waals surface area contributed by atoms with Gasteiger partial charge in [-0.3, -0.25) is 0 Å². The van der Waals surface area contributed by atoms with E-state index in [4.69, 9.17) is 0 Å². The van der Waals surface area contributed by atoms with Crippen molar-refractivity contribution in [3.8, 4) is 5.69 Å². The molecule has 0 aliphatic carbocycles. The molecule has 7 heteroatoms. The zero-order valence-corrected chi connectivity index (χ0v) is 14.5. The summed E-state index contributed by atoms with van der Waals surface area (Å²) < 4.78 is 42.7. The lowest BCUT2D eigenvalue weighted by molar-refractivity contribution is 0.574. The van der Waals surface area contributed by atoms with Gasteiger partial charge in [0.25, 0.3) is 0 Å². The van der Waals surface area contributed by atoms with Gasteiger partial charge >= 0.3 is 0 Å². The number of hydrogen-bond acceptors (Lipinski definition) is 3. The fourth-order valence-corrected chi connectivity index (χ4v) is 3.71. The quantitative estimate of drug-likeness (QED) is 0.736. The van der Waals surface area contributed by atoms with Crippen molar-refractivity contribution in [2.24, 2.45) is 0 Å². The number of halogens is 1. The van der Waals surface area contributed by atoms with Crippen LogP contribution in [0.4, 0.5) is 4.39 Å². The Balaban J connectivity index is 1.78. The van der Waals surface area contributed by atoms with Crippen LogP contribution in [0.15, 0.2) is 60.9 Å². The van der Waals surface area contributed by atoms with Gasteiger partial charge in [0.1, 0.15) is 11.6 Å². The van der Waals surface area contributed by atoms with Crippen molar-refractivity contribution < 1.29 is 12.8 Å². The smallest absolute Gasteiger partial charge is 0.216 e. The molecule has 0 aliphatic rings. The largest absolute Gasteiger partial charge is 0.304 e. The van der Waals surface area contributed by atoms with Crippen molar-refractivity contribution in [2.45, 2.75) is 19.2 Å². The van der Waals surface area contributed by atoms with Gasteiger partial charge in [-0.2, -0.15) is 0 Å². The van der Waals surface area contributed by atoms with Gasteiger partial charge in [-0.1, -0.05) is 36.4 Å². The summed E-state index contributed by atoms with van der Waals surface area (Å²) in [6.07, 6.45) is 3.51. The van der Waals surface area contributed by atoms with Crippen molar-refractivity contribution in [3.05, 3.63) is 83.7 Å². The van der Waals surface area contributed by atoms with Gasteiger partial charge in [0.2, 0.25) is 10.0 Å². The summed E-state index contributed by atoms with van der Waals surface area (Å²) >= 11 is 0. The summed E-state index contributed by atoms with van der Waals surface area (Å²) in [6, 6.07) is 13.3. The van der Waals surface area contributed by atoms with Gasteiger partial charge in [0, 0.05) is 24.5 Å². The summed E-state index contributed by atoms with van der Waals surface area (Å²) in [6.45, 7) is 1.99. The number of benzene rings is 2. The highest BCUT2D eigenvalue weighted by atomic mass is 32.2. The highest BCUT2D eigenvalue weighted by molar-refractivity contribution is 7.88. The zero-order valence-electron chi connectivity index (χ0n) is 13.7. The summed E-state index contributed by atoms with van der Waals surface area (Å²) in [7, 11) is -3.67. The van der Waals surface area contributed by atoms with Crippen molar-refractivity contribution in [1.29, 1.82) is 0 Å². The molecule has 0 saturated carbocycles. The van der Waals surface area contributed by atoms with Crippen LogP contribution >= 0.6 is 0 Å². The Morgan fingerprint density at radius 2 is 1.76 bits per heavy atom. The van der Waals surface area contributed by atoms with Crippen LogP contribution in [-0.4, -0.2) is 18.0 Å². The number of nitrogens with zero attached hydrogens (tertiary/aromatic N) is 2. The van der Waals surface area contributed by atoms with Crippen LogP contribution in [0.3, 0.4) is 0 Å². The number of aromatic nitrogens is 2. The van der Waals surface area contributed by atoms with E-state index < -0.39 is 21.6 Å². The number of imidazole rings is 1. The molecule has 130 valence electrons. The van der Waals surface area contributed by atoms with Gasteiger partial charge in [0.15, 0.2) is 0 Å². The second kappa shape index (κ2) is 7.16. The Bertz CT molecular complexity index is 983. The zero-order chi connectivity index (χ0) is 17.9. The standard InChI is InChI=1S/C18H18FN3O2S/c1-14-20-10-11-22(14)18-9-5-3-6-15(18)12-21-25(23,24)13-16-7-2-4-8-17(16)19/h2-11,21H,12-13H2,1H3. The lowest BCUT2D eigenvalue weighted by atomic mass is 10.2. The summed E-state index contributed by atoms with van der Waals surface area (Å²) in [5, 5.41) is 0. The van der Waals surface area contributed by atoms with Crippen molar-refractivity contribution in [3.63, 3.8) is 0 Å². The topological polar surface area (TPSA) is 64.0 Å². The molecule has 0 amide bonds. The lowest BCUT2D eigenvalue weighted by Gasteiger charge is -2.13. The summed E-state index contributed by atoms with van der Waals surface area (Å²) in [4.78, 5) is 4.19. The van der Waals surface area contributed by atoms with E-state index in [0.29, 0.717) is 0 Å². The molecule has 3 aromatic rings. The molecule has 1 aromatic heterocycles. The Morgan fingerprint density at radius 3 is 2.44 bits per heavy atom. The van der Waals surface area contributed by atoms with E-state index in [9.17, 15) is 12.8 Å². The predicted molar refractivity (Wildman–Crippen MR) is 94.2 cm³/mol. The van der Waals surface area contributed by atoms with E-state index in [0.717, 1.165) is 17.1 Å². The maximum Gasteiger partial charge on any atom is 0.216 e. The molecule has 0 saturated heterocycles. The molecular weight excluding hydrogens is 341 g/mol. The molecule has 0 radical (unpaired) electrons. The molecule has 0 aliphatic heterocycles. The van der Waals surface area contributed by atoms with Crippen LogP contribution in [0.5, 0.6) is 0 Å². The third kappa shape index (κ3) is 4.12. The number of sulfonamides is 1. The molecule has 2 aromatic carbocycles. The predicted octanol–water partition coefficient (Wildman–Crippen LogP) is 2.94. The Morgan fingerprint density at radius 1 is 1.08 bits per heavy atom. The first-order chi connectivity index (χ1) is 12.0. The number of nitrogens with one attached hydrogen (secondary N) is 1. The maximum atomic E-state index is 13.7. The van der Waals surface area contributed by atoms with Crippen LogP contribution in [0.1, 0.15) is 17.0 Å². The fourth-order valence-electron chi connectivity index (χ4n) is 2.59. The number of hydrogen-bond donors (Lipinski definition) is 1. The molecule has 5 nitrogen and oxygen atoms in total. The van der Waals surface area contributed by atoms with Crippen LogP contribution in [0.2, 0.25) is 0 Å². The molecule has 1 heterocycles. The summed E-state index contributed by atoms with van der Waals surface area (Å²) in [5.41, 5.74) is 1.81. The van der Waals surface area contributed by atoms with Crippen LogP contribution < -0.4 is 4.72 Å². The van der Waals surface area contributed by atoms with E-state index >= 15 is 0 Å². The Hall–Kier alpha value is -2.51. The van der Waals surface area contributed by atoms with Crippen molar-refractivity contribution in [1.82, 2.24) is 14.3 Å². The minimum atomic E-state index is -3.67.